The first-order valence-corrected chi connectivity index (χ1v) is 15.3. The van der Waals surface area contributed by atoms with Crippen LogP contribution in [-0.4, -0.2) is 57.0 Å². The lowest BCUT2D eigenvalue weighted by Crippen LogP contribution is -2.45. The van der Waals surface area contributed by atoms with Crippen LogP contribution >= 0.6 is 11.6 Å². The third kappa shape index (κ3) is 9.26. The number of rotatable bonds is 14. The minimum atomic E-state index is -0.796. The second-order valence-electron chi connectivity index (χ2n) is 10.2. The van der Waals surface area contributed by atoms with Gasteiger partial charge in [0.2, 0.25) is 0 Å². The maximum atomic E-state index is 12.6. The fraction of sp³-hybridized carbons (Fsp3) is 0.265. The quantitative estimate of drug-likeness (QED) is 0.123. The summed E-state index contributed by atoms with van der Waals surface area (Å²) >= 11 is 6.18. The molecule has 4 rings (SSSR count). The number of benzene rings is 3. The van der Waals surface area contributed by atoms with Crippen molar-refractivity contribution in [2.75, 3.05) is 26.9 Å². The summed E-state index contributed by atoms with van der Waals surface area (Å²) in [6.45, 7) is 5.32. The Morgan fingerprint density at radius 2 is 1.62 bits per heavy atom. The number of carbonyl (C=O) groups is 4. The molecule has 48 heavy (non-hydrogen) atoms. The number of halogens is 1. The molecule has 3 aromatic rings. The number of hydrogen-bond donors (Lipinski definition) is 3. The zero-order chi connectivity index (χ0) is 34.6. The van der Waals surface area contributed by atoms with Crippen LogP contribution in [0.4, 0.5) is 4.79 Å². The number of esters is 2. The van der Waals surface area contributed by atoms with Crippen molar-refractivity contribution in [3.8, 4) is 17.2 Å². The zero-order valence-electron chi connectivity index (χ0n) is 26.8. The van der Waals surface area contributed by atoms with Crippen LogP contribution in [-0.2, 0) is 25.7 Å². The molecule has 0 bridgehead atoms. The average molecular weight is 679 g/mol. The highest BCUT2D eigenvalue weighted by Gasteiger charge is 2.32. The van der Waals surface area contributed by atoms with Crippen LogP contribution in [0.3, 0.4) is 0 Å². The van der Waals surface area contributed by atoms with Gasteiger partial charge in [-0.05, 0) is 74.4 Å². The number of hydrogen-bond acceptors (Lipinski definition) is 10. The maximum absolute atomic E-state index is 12.6. The molecule has 0 aliphatic carbocycles. The topological polar surface area (TPSA) is 163 Å². The van der Waals surface area contributed by atoms with Crippen molar-refractivity contribution in [1.82, 2.24) is 16.1 Å². The fourth-order valence-electron chi connectivity index (χ4n) is 4.62. The molecule has 0 fully saturated rings. The summed E-state index contributed by atoms with van der Waals surface area (Å²) in [5.41, 5.74) is 5.34. The van der Waals surface area contributed by atoms with Crippen LogP contribution in [0.5, 0.6) is 17.2 Å². The predicted molar refractivity (Wildman–Crippen MR) is 176 cm³/mol. The number of urea groups is 1. The Labute approximate surface area is 282 Å². The van der Waals surface area contributed by atoms with E-state index in [4.69, 9.17) is 35.3 Å². The summed E-state index contributed by atoms with van der Waals surface area (Å²) in [7, 11) is 1.42. The predicted octanol–water partition coefficient (Wildman–Crippen LogP) is 4.82. The maximum Gasteiger partial charge on any atom is 0.338 e. The van der Waals surface area contributed by atoms with Crippen LogP contribution < -0.4 is 30.3 Å². The SMILES string of the molecule is CCOC(=O)C1=C(C)NC(=O)N[C@@H]1c1ccc(OCC(=O)N/N=C/c2cc(Cl)ccc2OCc2ccc(C(=O)OCC)cc2)c(OC)c1. The lowest BCUT2D eigenvalue weighted by Gasteiger charge is -2.28. The third-order valence-corrected chi connectivity index (χ3v) is 7.10. The minimum Gasteiger partial charge on any atom is -0.493 e. The molecule has 0 saturated heterocycles. The Hall–Kier alpha value is -5.56. The summed E-state index contributed by atoms with van der Waals surface area (Å²) in [5, 5.41) is 9.76. The smallest absolute Gasteiger partial charge is 0.338 e. The standard InChI is InChI=1S/C34H35ClN4O9/c1-5-45-32(41)22-9-7-21(8-10-22)18-47-26-14-12-25(35)15-24(26)17-36-39-29(40)19-48-27-13-11-23(16-28(27)44-4)31-30(33(42)46-6-2)20(3)37-34(43)38-31/h7-17,31H,5-6,18-19H2,1-4H3,(H,39,40)(H2,37,38,43)/b36-17+/t31-/m1/s1. The first kappa shape index (κ1) is 35.3. The summed E-state index contributed by atoms with van der Waals surface area (Å²) in [6, 6.07) is 15.4. The number of nitrogens with zero attached hydrogens (tertiary/aromatic N) is 1. The van der Waals surface area contributed by atoms with Crippen molar-refractivity contribution in [1.29, 1.82) is 0 Å². The number of carbonyl (C=O) groups excluding carboxylic acids is 4. The van der Waals surface area contributed by atoms with E-state index in [0.717, 1.165) is 5.56 Å². The molecule has 0 unspecified atom stereocenters. The van der Waals surface area contributed by atoms with Gasteiger partial charge in [0.15, 0.2) is 18.1 Å². The van der Waals surface area contributed by atoms with E-state index in [0.29, 0.717) is 39.8 Å². The molecule has 252 valence electrons. The van der Waals surface area contributed by atoms with Gasteiger partial charge in [-0.3, -0.25) is 4.79 Å². The van der Waals surface area contributed by atoms with Gasteiger partial charge in [0.25, 0.3) is 5.91 Å². The van der Waals surface area contributed by atoms with Gasteiger partial charge >= 0.3 is 18.0 Å². The molecule has 3 amide bonds. The largest absolute Gasteiger partial charge is 0.493 e. The molecule has 3 N–H and O–H groups in total. The molecule has 1 aliphatic heterocycles. The third-order valence-electron chi connectivity index (χ3n) is 6.87. The zero-order valence-corrected chi connectivity index (χ0v) is 27.5. The van der Waals surface area contributed by atoms with Gasteiger partial charge in [0, 0.05) is 16.3 Å². The van der Waals surface area contributed by atoms with E-state index in [1.807, 2.05) is 0 Å². The van der Waals surface area contributed by atoms with Crippen LogP contribution in [0, 0.1) is 0 Å². The summed E-state index contributed by atoms with van der Waals surface area (Å²) in [6.07, 6.45) is 1.39. The van der Waals surface area contributed by atoms with Crippen molar-refractivity contribution in [2.45, 2.75) is 33.4 Å². The Kier molecular flexibility index (Phi) is 12.4. The Morgan fingerprint density at radius 1 is 0.917 bits per heavy atom. The summed E-state index contributed by atoms with van der Waals surface area (Å²) < 4.78 is 27.2. The van der Waals surface area contributed by atoms with Crippen LogP contribution in [0.15, 0.2) is 77.0 Å². The van der Waals surface area contributed by atoms with Crippen LogP contribution in [0.25, 0.3) is 0 Å². The monoisotopic (exact) mass is 678 g/mol. The van der Waals surface area contributed by atoms with E-state index in [9.17, 15) is 19.2 Å². The number of allylic oxidation sites excluding steroid dienone is 1. The second kappa shape index (κ2) is 16.8. The fourth-order valence-corrected chi connectivity index (χ4v) is 4.80. The van der Waals surface area contributed by atoms with Gasteiger partial charge in [0.05, 0.1) is 43.7 Å². The molecular weight excluding hydrogens is 644 g/mol. The summed E-state index contributed by atoms with van der Waals surface area (Å²) in [5.74, 6) is -0.532. The van der Waals surface area contributed by atoms with Crippen molar-refractivity contribution in [3.05, 3.63) is 99.2 Å². The van der Waals surface area contributed by atoms with Gasteiger partial charge in [-0.25, -0.2) is 19.8 Å². The highest BCUT2D eigenvalue weighted by molar-refractivity contribution is 6.30. The first-order valence-electron chi connectivity index (χ1n) is 14.9. The van der Waals surface area contributed by atoms with Crippen molar-refractivity contribution >= 4 is 41.7 Å². The van der Waals surface area contributed by atoms with Crippen LogP contribution in [0.1, 0.15) is 53.9 Å². The van der Waals surface area contributed by atoms with Gasteiger partial charge in [-0.1, -0.05) is 29.8 Å². The second-order valence-corrected chi connectivity index (χ2v) is 10.6. The van der Waals surface area contributed by atoms with Crippen molar-refractivity contribution in [2.24, 2.45) is 5.10 Å². The van der Waals surface area contributed by atoms with Gasteiger partial charge in [-0.15, -0.1) is 0 Å². The number of amides is 3. The molecule has 0 spiro atoms. The molecule has 0 saturated carbocycles. The Balaban J connectivity index is 1.36. The molecular formula is C34H35ClN4O9. The Morgan fingerprint density at radius 3 is 2.33 bits per heavy atom. The normalized spacial score (nSPS) is 14.1. The average Bonchev–Trinajstić information content (AvgIpc) is 3.07. The molecule has 0 radical (unpaired) electrons. The van der Waals surface area contributed by atoms with E-state index in [2.05, 4.69) is 21.2 Å². The lowest BCUT2D eigenvalue weighted by molar-refractivity contribution is -0.139. The van der Waals surface area contributed by atoms with Crippen molar-refractivity contribution < 1.29 is 42.9 Å². The van der Waals surface area contributed by atoms with E-state index >= 15 is 0 Å². The van der Waals surface area contributed by atoms with E-state index in [-0.39, 0.29) is 30.3 Å². The van der Waals surface area contributed by atoms with E-state index < -0.39 is 36.5 Å². The molecule has 1 heterocycles. The van der Waals surface area contributed by atoms with E-state index in [1.165, 1.54) is 13.3 Å². The highest BCUT2D eigenvalue weighted by Crippen LogP contribution is 2.34. The van der Waals surface area contributed by atoms with Gasteiger partial charge < -0.3 is 34.3 Å². The minimum absolute atomic E-state index is 0.169. The van der Waals surface area contributed by atoms with E-state index in [1.54, 1.807) is 81.4 Å². The molecule has 1 atom stereocenters. The van der Waals surface area contributed by atoms with Gasteiger partial charge in [0.1, 0.15) is 12.4 Å². The number of nitrogens with one attached hydrogen (secondary N) is 3. The number of ether oxygens (including phenoxy) is 5. The number of hydrazone groups is 1. The van der Waals surface area contributed by atoms with Crippen molar-refractivity contribution in [3.63, 3.8) is 0 Å². The molecule has 0 aromatic heterocycles. The Bertz CT molecular complexity index is 1720. The molecule has 14 heteroatoms. The lowest BCUT2D eigenvalue weighted by atomic mass is 9.95. The number of methoxy groups -OCH3 is 1. The molecule has 1 aliphatic rings. The molecule has 3 aromatic carbocycles. The molecule has 13 nitrogen and oxygen atoms in total. The summed E-state index contributed by atoms with van der Waals surface area (Å²) in [4.78, 5) is 49.3. The highest BCUT2D eigenvalue weighted by atomic mass is 35.5. The van der Waals surface area contributed by atoms with Crippen LogP contribution in [0.2, 0.25) is 5.02 Å². The first-order chi connectivity index (χ1) is 23.1. The van der Waals surface area contributed by atoms with Gasteiger partial charge in [-0.2, -0.15) is 5.10 Å².